The van der Waals surface area contributed by atoms with Crippen molar-refractivity contribution in [2.75, 3.05) is 23.3 Å². The summed E-state index contributed by atoms with van der Waals surface area (Å²) in [5.74, 6) is 5.61. The Balaban J connectivity index is 2.12. The van der Waals surface area contributed by atoms with Crippen molar-refractivity contribution in [1.82, 2.24) is 15.0 Å². The molecule has 0 aliphatic rings. The van der Waals surface area contributed by atoms with E-state index in [-0.39, 0.29) is 0 Å². The molecular weight excluding hydrogens is 417 g/mol. The summed E-state index contributed by atoms with van der Waals surface area (Å²) in [5, 5.41) is 2.99. The third kappa shape index (κ3) is 5.35. The third-order valence-electron chi connectivity index (χ3n) is 4.48. The Morgan fingerprint density at radius 1 is 1.13 bits per heavy atom. The monoisotopic (exact) mass is 439 g/mol. The van der Waals surface area contributed by atoms with Crippen molar-refractivity contribution in [2.45, 2.75) is 20.3 Å². The van der Waals surface area contributed by atoms with Crippen LogP contribution in [0, 0.1) is 24.6 Å². The first-order valence-corrected chi connectivity index (χ1v) is 11.4. The highest BCUT2D eigenvalue weighted by Gasteiger charge is 2.15. The van der Waals surface area contributed by atoms with Crippen LogP contribution in [0.25, 0.3) is 11.3 Å². The Kier molecular flexibility index (Phi) is 6.51. The maximum absolute atomic E-state index is 14.6. The van der Waals surface area contributed by atoms with Crippen molar-refractivity contribution in [1.29, 1.82) is 0 Å². The SMILES string of the molecule is CCc1ncnc(-c2cc(NC)ccc2F)c1C#Cc1cnc(C)c(NS(C)(=O)=O)c1. The lowest BCUT2D eigenvalue weighted by atomic mass is 10.0. The Labute approximate surface area is 181 Å². The fourth-order valence-corrected chi connectivity index (χ4v) is 3.53. The van der Waals surface area contributed by atoms with Crippen LogP contribution in [0.5, 0.6) is 0 Å². The van der Waals surface area contributed by atoms with Crippen molar-refractivity contribution in [2.24, 2.45) is 0 Å². The van der Waals surface area contributed by atoms with Crippen LogP contribution in [0.3, 0.4) is 0 Å². The molecule has 2 aromatic heterocycles. The number of nitrogens with one attached hydrogen (secondary N) is 2. The van der Waals surface area contributed by atoms with E-state index in [0.29, 0.717) is 45.9 Å². The number of aromatic nitrogens is 3. The largest absolute Gasteiger partial charge is 0.388 e. The van der Waals surface area contributed by atoms with Gasteiger partial charge in [0.15, 0.2) is 0 Å². The third-order valence-corrected chi connectivity index (χ3v) is 5.08. The molecule has 0 aliphatic carbocycles. The standard InChI is InChI=1S/C22H22FN5O2S/c1-5-20-17(8-6-15-10-21(14(2)25-12-15)28-31(4,29)30)22(27-13-26-20)18-11-16(24-3)7-9-19(18)23/h7,9-13,24,28H,5H2,1-4H3. The zero-order valence-corrected chi connectivity index (χ0v) is 18.4. The molecule has 0 bridgehead atoms. The summed E-state index contributed by atoms with van der Waals surface area (Å²) in [6.07, 6.45) is 4.60. The lowest BCUT2D eigenvalue weighted by molar-refractivity contribution is 0.606. The Hall–Kier alpha value is -3.51. The van der Waals surface area contributed by atoms with E-state index in [9.17, 15) is 12.8 Å². The zero-order chi connectivity index (χ0) is 22.6. The first-order valence-electron chi connectivity index (χ1n) is 9.49. The van der Waals surface area contributed by atoms with Crippen molar-refractivity contribution in [3.05, 3.63) is 65.1 Å². The molecule has 0 saturated carbocycles. The average molecular weight is 440 g/mol. The number of sulfonamides is 1. The molecule has 7 nitrogen and oxygen atoms in total. The van der Waals surface area contributed by atoms with E-state index in [1.165, 1.54) is 12.4 Å². The predicted octanol–water partition coefficient (Wildman–Crippen LogP) is 3.36. The van der Waals surface area contributed by atoms with E-state index >= 15 is 0 Å². The highest BCUT2D eigenvalue weighted by Crippen LogP contribution is 2.28. The van der Waals surface area contributed by atoms with Gasteiger partial charge in [-0.1, -0.05) is 18.8 Å². The Morgan fingerprint density at radius 2 is 1.90 bits per heavy atom. The minimum atomic E-state index is -3.45. The zero-order valence-electron chi connectivity index (χ0n) is 17.6. The summed E-state index contributed by atoms with van der Waals surface area (Å²) in [6.45, 7) is 3.62. The van der Waals surface area contributed by atoms with E-state index in [1.807, 2.05) is 6.92 Å². The first kappa shape index (κ1) is 22.2. The molecule has 0 saturated heterocycles. The van der Waals surface area contributed by atoms with E-state index in [1.54, 1.807) is 38.4 Å². The number of halogens is 1. The summed E-state index contributed by atoms with van der Waals surface area (Å²) in [5.41, 5.74) is 4.02. The molecule has 0 amide bonds. The van der Waals surface area contributed by atoms with Gasteiger partial charge in [-0.25, -0.2) is 22.8 Å². The molecule has 0 spiro atoms. The number of benzene rings is 1. The fourth-order valence-electron chi connectivity index (χ4n) is 2.93. The van der Waals surface area contributed by atoms with Gasteiger partial charge >= 0.3 is 0 Å². The molecule has 0 atom stereocenters. The average Bonchev–Trinajstić information content (AvgIpc) is 2.73. The van der Waals surface area contributed by atoms with Gasteiger partial charge in [-0.2, -0.15) is 0 Å². The van der Waals surface area contributed by atoms with Gasteiger partial charge in [-0.3, -0.25) is 9.71 Å². The van der Waals surface area contributed by atoms with Gasteiger partial charge in [0, 0.05) is 30.1 Å². The Bertz CT molecular complexity index is 1300. The van der Waals surface area contributed by atoms with E-state index in [2.05, 4.69) is 36.8 Å². The quantitative estimate of drug-likeness (QED) is 0.592. The van der Waals surface area contributed by atoms with Crippen molar-refractivity contribution < 1.29 is 12.8 Å². The topological polar surface area (TPSA) is 96.9 Å². The van der Waals surface area contributed by atoms with Gasteiger partial charge in [0.05, 0.1) is 34.6 Å². The summed E-state index contributed by atoms with van der Waals surface area (Å²) in [7, 11) is -1.70. The first-order chi connectivity index (χ1) is 14.7. The maximum Gasteiger partial charge on any atom is 0.229 e. The molecule has 1 aromatic carbocycles. The second kappa shape index (κ2) is 9.10. The molecule has 0 unspecified atom stereocenters. The van der Waals surface area contributed by atoms with Crippen molar-refractivity contribution in [3.63, 3.8) is 0 Å². The van der Waals surface area contributed by atoms with Crippen LogP contribution in [0.1, 0.15) is 29.4 Å². The number of hydrogen-bond donors (Lipinski definition) is 2. The second-order valence-electron chi connectivity index (χ2n) is 6.82. The van der Waals surface area contributed by atoms with Crippen molar-refractivity contribution >= 4 is 21.4 Å². The van der Waals surface area contributed by atoms with Crippen LogP contribution >= 0.6 is 0 Å². The lowest BCUT2D eigenvalue weighted by Crippen LogP contribution is -2.11. The Morgan fingerprint density at radius 3 is 2.58 bits per heavy atom. The number of rotatable bonds is 5. The summed E-state index contributed by atoms with van der Waals surface area (Å²) < 4.78 is 40.2. The fraction of sp³-hybridized carbons (Fsp3) is 0.227. The molecule has 160 valence electrons. The van der Waals surface area contributed by atoms with Crippen LogP contribution < -0.4 is 10.0 Å². The van der Waals surface area contributed by atoms with Gasteiger partial charge in [-0.15, -0.1) is 0 Å². The molecule has 3 aromatic rings. The molecular formula is C22H22FN5O2S. The van der Waals surface area contributed by atoms with Crippen LogP contribution in [0.4, 0.5) is 15.8 Å². The molecule has 0 aliphatic heterocycles. The number of hydrogen-bond acceptors (Lipinski definition) is 6. The summed E-state index contributed by atoms with van der Waals surface area (Å²) >= 11 is 0. The van der Waals surface area contributed by atoms with Crippen LogP contribution in [-0.2, 0) is 16.4 Å². The molecule has 3 rings (SSSR count). The van der Waals surface area contributed by atoms with Gasteiger partial charge in [0.25, 0.3) is 0 Å². The molecule has 2 N–H and O–H groups in total. The number of nitrogens with zero attached hydrogens (tertiary/aromatic N) is 3. The van der Waals surface area contributed by atoms with Gasteiger partial charge < -0.3 is 5.32 Å². The minimum absolute atomic E-state index is 0.315. The smallest absolute Gasteiger partial charge is 0.229 e. The second-order valence-corrected chi connectivity index (χ2v) is 8.57. The lowest BCUT2D eigenvalue weighted by Gasteiger charge is -2.10. The molecule has 0 radical (unpaired) electrons. The predicted molar refractivity (Wildman–Crippen MR) is 120 cm³/mol. The van der Waals surface area contributed by atoms with Crippen LogP contribution in [0.15, 0.2) is 36.8 Å². The maximum atomic E-state index is 14.6. The molecule has 0 fully saturated rings. The van der Waals surface area contributed by atoms with E-state index in [4.69, 9.17) is 0 Å². The van der Waals surface area contributed by atoms with E-state index < -0.39 is 15.8 Å². The van der Waals surface area contributed by atoms with Crippen molar-refractivity contribution in [3.8, 4) is 23.1 Å². The summed E-state index contributed by atoms with van der Waals surface area (Å²) in [4.78, 5) is 12.8. The highest BCUT2D eigenvalue weighted by molar-refractivity contribution is 7.92. The van der Waals surface area contributed by atoms with Gasteiger partial charge in [-0.05, 0) is 37.6 Å². The van der Waals surface area contributed by atoms with Crippen LogP contribution in [-0.4, -0.2) is 36.7 Å². The molecule has 2 heterocycles. The van der Waals surface area contributed by atoms with Crippen LogP contribution in [0.2, 0.25) is 0 Å². The number of aryl methyl sites for hydroxylation is 2. The number of anilines is 2. The molecule has 9 heteroatoms. The minimum Gasteiger partial charge on any atom is -0.388 e. The van der Waals surface area contributed by atoms with E-state index in [0.717, 1.165) is 11.9 Å². The van der Waals surface area contributed by atoms with Gasteiger partial charge in [0.1, 0.15) is 12.1 Å². The normalized spacial score (nSPS) is 10.9. The highest BCUT2D eigenvalue weighted by atomic mass is 32.2. The molecule has 31 heavy (non-hydrogen) atoms. The summed E-state index contributed by atoms with van der Waals surface area (Å²) in [6, 6.07) is 6.29. The van der Waals surface area contributed by atoms with Gasteiger partial charge in [0.2, 0.25) is 10.0 Å². The number of pyridine rings is 1.